The third-order valence-corrected chi connectivity index (χ3v) is 4.21. The van der Waals surface area contributed by atoms with Crippen LogP contribution in [0.3, 0.4) is 0 Å². The van der Waals surface area contributed by atoms with Crippen molar-refractivity contribution < 1.29 is 4.79 Å². The second-order valence-corrected chi connectivity index (χ2v) is 6.05. The van der Waals surface area contributed by atoms with Crippen LogP contribution in [0.2, 0.25) is 0 Å². The van der Waals surface area contributed by atoms with Gasteiger partial charge in [-0.15, -0.1) is 0 Å². The number of hydrogen-bond acceptors (Lipinski definition) is 4. The number of aromatic nitrogens is 4. The summed E-state index contributed by atoms with van der Waals surface area (Å²) in [4.78, 5) is 21.6. The summed E-state index contributed by atoms with van der Waals surface area (Å²) in [6.07, 6.45) is 3.57. The van der Waals surface area contributed by atoms with E-state index in [1.54, 1.807) is 23.0 Å². The Bertz CT molecular complexity index is 1100. The number of amides is 1. The van der Waals surface area contributed by atoms with Gasteiger partial charge in [-0.1, -0.05) is 6.07 Å². The molecular weight excluding hydrogens is 326 g/mol. The van der Waals surface area contributed by atoms with Crippen molar-refractivity contribution in [3.8, 4) is 5.69 Å². The number of carbonyl (C=O) groups excluding carboxylic acids is 1. The second kappa shape index (κ2) is 6.40. The highest BCUT2D eigenvalue weighted by molar-refractivity contribution is 6.06. The molecule has 1 N–H and O–H groups in total. The summed E-state index contributed by atoms with van der Waals surface area (Å²) in [5.74, 6) is -0.190. The number of nitrogens with one attached hydrogen (secondary N) is 1. The first-order chi connectivity index (χ1) is 12.6. The maximum Gasteiger partial charge on any atom is 0.255 e. The molecular formula is C20H17N5O. The molecule has 2 aromatic carbocycles. The fourth-order valence-corrected chi connectivity index (χ4v) is 2.72. The van der Waals surface area contributed by atoms with Gasteiger partial charge in [-0.05, 0) is 56.3 Å². The van der Waals surface area contributed by atoms with Gasteiger partial charge in [0.2, 0.25) is 0 Å². The van der Waals surface area contributed by atoms with Gasteiger partial charge in [0.25, 0.3) is 5.91 Å². The Morgan fingerprint density at radius 3 is 2.54 bits per heavy atom. The zero-order chi connectivity index (χ0) is 18.1. The van der Waals surface area contributed by atoms with Crippen LogP contribution >= 0.6 is 0 Å². The molecule has 0 radical (unpaired) electrons. The molecule has 2 heterocycles. The smallest absolute Gasteiger partial charge is 0.255 e. The summed E-state index contributed by atoms with van der Waals surface area (Å²) < 4.78 is 1.74. The van der Waals surface area contributed by atoms with Crippen LogP contribution in [0, 0.1) is 13.8 Å². The summed E-state index contributed by atoms with van der Waals surface area (Å²) in [5.41, 5.74) is 5.38. The number of hydrogen-bond donors (Lipinski definition) is 1. The van der Waals surface area contributed by atoms with Crippen LogP contribution in [0.5, 0.6) is 0 Å². The first-order valence-electron chi connectivity index (χ1n) is 8.26. The fourth-order valence-electron chi connectivity index (χ4n) is 2.72. The van der Waals surface area contributed by atoms with Crippen LogP contribution < -0.4 is 5.32 Å². The largest absolute Gasteiger partial charge is 0.322 e. The molecule has 0 aliphatic rings. The number of fused-ring (bicyclic) bond motifs is 1. The van der Waals surface area contributed by atoms with E-state index >= 15 is 0 Å². The average molecular weight is 343 g/mol. The molecule has 0 fully saturated rings. The molecule has 0 saturated carbocycles. The number of benzene rings is 2. The molecule has 4 aromatic rings. The van der Waals surface area contributed by atoms with Crippen LogP contribution in [0.1, 0.15) is 21.7 Å². The van der Waals surface area contributed by atoms with E-state index in [2.05, 4.69) is 20.4 Å². The molecule has 6 heteroatoms. The Kier molecular flexibility index (Phi) is 3.93. The van der Waals surface area contributed by atoms with Gasteiger partial charge in [0, 0.05) is 23.6 Å². The number of carbonyl (C=O) groups is 1. The molecule has 2 aromatic heterocycles. The molecule has 0 spiro atoms. The number of nitrogens with zero attached hydrogens (tertiary/aromatic N) is 4. The second-order valence-electron chi connectivity index (χ2n) is 6.05. The van der Waals surface area contributed by atoms with Gasteiger partial charge in [0.05, 0.1) is 28.1 Å². The van der Waals surface area contributed by atoms with Crippen molar-refractivity contribution in [1.82, 2.24) is 19.7 Å². The minimum absolute atomic E-state index is 0.190. The number of aryl methyl sites for hydroxylation is 2. The summed E-state index contributed by atoms with van der Waals surface area (Å²) >= 11 is 0. The Labute approximate surface area is 150 Å². The molecule has 0 bridgehead atoms. The molecule has 1 amide bonds. The van der Waals surface area contributed by atoms with Crippen LogP contribution in [0.4, 0.5) is 5.69 Å². The van der Waals surface area contributed by atoms with E-state index in [-0.39, 0.29) is 5.91 Å². The maximum absolute atomic E-state index is 12.6. The minimum atomic E-state index is -0.190. The molecule has 0 atom stereocenters. The van der Waals surface area contributed by atoms with E-state index in [1.807, 2.05) is 56.4 Å². The maximum atomic E-state index is 12.6. The SMILES string of the molecule is Cc1nc2ccc(C(=O)Nc3cccc(-n4cccn4)c3)cc2nc1C. The van der Waals surface area contributed by atoms with Gasteiger partial charge in [0.15, 0.2) is 0 Å². The van der Waals surface area contributed by atoms with Crippen LogP contribution in [0.25, 0.3) is 16.7 Å². The first-order valence-corrected chi connectivity index (χ1v) is 8.26. The van der Waals surface area contributed by atoms with Crippen molar-refractivity contribution in [2.45, 2.75) is 13.8 Å². The van der Waals surface area contributed by atoms with E-state index in [4.69, 9.17) is 0 Å². The van der Waals surface area contributed by atoms with Crippen molar-refractivity contribution in [2.24, 2.45) is 0 Å². The van der Waals surface area contributed by atoms with Crippen LogP contribution in [-0.2, 0) is 0 Å². The van der Waals surface area contributed by atoms with Crippen LogP contribution in [-0.4, -0.2) is 25.7 Å². The predicted molar refractivity (Wildman–Crippen MR) is 101 cm³/mol. The topological polar surface area (TPSA) is 72.7 Å². The summed E-state index contributed by atoms with van der Waals surface area (Å²) in [5, 5.41) is 7.13. The van der Waals surface area contributed by atoms with E-state index in [0.29, 0.717) is 16.8 Å². The fraction of sp³-hybridized carbons (Fsp3) is 0.100. The van der Waals surface area contributed by atoms with Gasteiger partial charge < -0.3 is 5.32 Å². The van der Waals surface area contributed by atoms with Crippen LogP contribution in [0.15, 0.2) is 60.9 Å². The molecule has 0 unspecified atom stereocenters. The lowest BCUT2D eigenvalue weighted by molar-refractivity contribution is 0.102. The van der Waals surface area contributed by atoms with Crippen molar-refractivity contribution in [3.63, 3.8) is 0 Å². The highest BCUT2D eigenvalue weighted by Crippen LogP contribution is 2.18. The van der Waals surface area contributed by atoms with Crippen molar-refractivity contribution in [3.05, 3.63) is 77.9 Å². The van der Waals surface area contributed by atoms with Gasteiger partial charge >= 0.3 is 0 Å². The van der Waals surface area contributed by atoms with Crippen molar-refractivity contribution in [1.29, 1.82) is 0 Å². The first kappa shape index (κ1) is 16.0. The Morgan fingerprint density at radius 1 is 0.962 bits per heavy atom. The third kappa shape index (κ3) is 3.04. The Balaban J connectivity index is 1.61. The van der Waals surface area contributed by atoms with E-state index in [9.17, 15) is 4.79 Å². The normalized spacial score (nSPS) is 10.8. The molecule has 0 aliphatic carbocycles. The average Bonchev–Trinajstić information content (AvgIpc) is 3.17. The van der Waals surface area contributed by atoms with Gasteiger partial charge in [0.1, 0.15) is 0 Å². The molecule has 128 valence electrons. The number of anilines is 1. The Hall–Kier alpha value is -3.54. The van der Waals surface area contributed by atoms with E-state index < -0.39 is 0 Å². The monoisotopic (exact) mass is 343 g/mol. The highest BCUT2D eigenvalue weighted by atomic mass is 16.1. The minimum Gasteiger partial charge on any atom is -0.322 e. The molecule has 0 saturated heterocycles. The van der Waals surface area contributed by atoms with Gasteiger partial charge in [-0.3, -0.25) is 4.79 Å². The highest BCUT2D eigenvalue weighted by Gasteiger charge is 2.10. The predicted octanol–water partition coefficient (Wildman–Crippen LogP) is 3.68. The van der Waals surface area contributed by atoms with E-state index in [0.717, 1.165) is 22.6 Å². The molecule has 6 nitrogen and oxygen atoms in total. The van der Waals surface area contributed by atoms with E-state index in [1.165, 1.54) is 0 Å². The van der Waals surface area contributed by atoms with Crippen molar-refractivity contribution in [2.75, 3.05) is 5.32 Å². The van der Waals surface area contributed by atoms with Gasteiger partial charge in [-0.25, -0.2) is 14.6 Å². The summed E-state index contributed by atoms with van der Waals surface area (Å²) in [6.45, 7) is 3.84. The van der Waals surface area contributed by atoms with Crippen molar-refractivity contribution >= 4 is 22.6 Å². The quantitative estimate of drug-likeness (QED) is 0.616. The zero-order valence-electron chi connectivity index (χ0n) is 14.5. The Morgan fingerprint density at radius 2 is 1.77 bits per heavy atom. The lowest BCUT2D eigenvalue weighted by atomic mass is 10.1. The van der Waals surface area contributed by atoms with Gasteiger partial charge in [-0.2, -0.15) is 5.10 Å². The lowest BCUT2D eigenvalue weighted by Crippen LogP contribution is -2.12. The zero-order valence-corrected chi connectivity index (χ0v) is 14.5. The molecule has 26 heavy (non-hydrogen) atoms. The lowest BCUT2D eigenvalue weighted by Gasteiger charge is -2.09. The standard InChI is InChI=1S/C20H17N5O/c1-13-14(2)23-19-11-15(7-8-18(19)22-13)20(26)24-16-5-3-6-17(12-16)25-10-4-9-21-25/h3-12H,1-2H3,(H,24,26). The third-order valence-electron chi connectivity index (χ3n) is 4.21. The summed E-state index contributed by atoms with van der Waals surface area (Å²) in [7, 11) is 0. The number of rotatable bonds is 3. The molecule has 0 aliphatic heterocycles. The molecule has 4 rings (SSSR count). The summed E-state index contributed by atoms with van der Waals surface area (Å²) in [6, 6.07) is 14.7.